The van der Waals surface area contributed by atoms with Gasteiger partial charge in [-0.25, -0.2) is 0 Å². The van der Waals surface area contributed by atoms with Crippen molar-refractivity contribution in [3.05, 3.63) is 40.3 Å². The summed E-state index contributed by atoms with van der Waals surface area (Å²) >= 11 is 5.82. The molecule has 1 aromatic carbocycles. The number of hydrogen-bond donors (Lipinski definition) is 1. The highest BCUT2D eigenvalue weighted by Gasteiger charge is 2.30. The zero-order chi connectivity index (χ0) is 13.3. The molecule has 1 amide bonds. The Morgan fingerprint density at radius 3 is 2.61 bits per heavy atom. The maximum absolute atomic E-state index is 12.5. The summed E-state index contributed by atoms with van der Waals surface area (Å²) in [5.74, 6) is -0.387. The molecule has 1 saturated heterocycles. The Bertz CT molecular complexity index is 551. The van der Waals surface area contributed by atoms with Gasteiger partial charge in [0.05, 0.1) is 10.5 Å². The third kappa shape index (κ3) is 2.91. The minimum absolute atomic E-state index is 0.291. The molecule has 0 aromatic heterocycles. The number of carbonyl (C=O) groups excluding carboxylic acids is 1. The number of benzene rings is 1. The van der Waals surface area contributed by atoms with Crippen molar-refractivity contribution in [2.45, 2.75) is 6.18 Å². The van der Waals surface area contributed by atoms with Crippen molar-refractivity contribution in [1.82, 2.24) is 5.32 Å². The lowest BCUT2D eigenvalue weighted by Crippen LogP contribution is -2.17. The maximum Gasteiger partial charge on any atom is 0.416 e. The van der Waals surface area contributed by atoms with Gasteiger partial charge < -0.3 is 5.32 Å². The molecule has 0 saturated carbocycles. The summed E-state index contributed by atoms with van der Waals surface area (Å²) in [6, 6.07) is 4.76. The fraction of sp³-hybridized carbons (Fsp3) is 0.0909. The van der Waals surface area contributed by atoms with Crippen LogP contribution in [0, 0.1) is 0 Å². The van der Waals surface area contributed by atoms with Crippen LogP contribution in [-0.2, 0) is 11.0 Å². The summed E-state index contributed by atoms with van der Waals surface area (Å²) in [6.45, 7) is 0. The van der Waals surface area contributed by atoms with Crippen molar-refractivity contribution in [1.29, 1.82) is 0 Å². The lowest BCUT2D eigenvalue weighted by molar-refractivity contribution is -0.137. The summed E-state index contributed by atoms with van der Waals surface area (Å²) in [5, 5.41) is 2.40. The van der Waals surface area contributed by atoms with Crippen LogP contribution in [0.25, 0.3) is 6.08 Å². The monoisotopic (exact) mass is 289 g/mol. The molecule has 0 aliphatic carbocycles. The third-order valence-electron chi connectivity index (χ3n) is 2.15. The molecule has 1 heterocycles. The summed E-state index contributed by atoms with van der Waals surface area (Å²) in [4.78, 5) is 11.7. The van der Waals surface area contributed by atoms with Crippen LogP contribution in [0.4, 0.5) is 13.2 Å². The lowest BCUT2D eigenvalue weighted by Gasteiger charge is -2.06. The Kier molecular flexibility index (Phi) is 3.45. The number of alkyl halides is 3. The van der Waals surface area contributed by atoms with Gasteiger partial charge in [-0.15, -0.1) is 0 Å². The fourth-order valence-electron chi connectivity index (χ4n) is 1.38. The van der Waals surface area contributed by atoms with E-state index in [9.17, 15) is 18.0 Å². The maximum atomic E-state index is 12.5. The molecule has 1 aliphatic heterocycles. The van der Waals surface area contributed by atoms with Crippen molar-refractivity contribution in [2.24, 2.45) is 0 Å². The van der Waals surface area contributed by atoms with Gasteiger partial charge in [0.25, 0.3) is 5.91 Å². The Morgan fingerprint density at radius 2 is 2.06 bits per heavy atom. The quantitative estimate of drug-likeness (QED) is 0.636. The first kappa shape index (κ1) is 13.1. The highest BCUT2D eigenvalue weighted by atomic mass is 32.2. The van der Waals surface area contributed by atoms with Crippen LogP contribution in [0.3, 0.4) is 0 Å². The number of rotatable bonds is 1. The normalized spacial score (nSPS) is 18.3. The van der Waals surface area contributed by atoms with Crippen LogP contribution >= 0.6 is 24.0 Å². The minimum Gasteiger partial charge on any atom is -0.307 e. The Balaban J connectivity index is 2.33. The summed E-state index contributed by atoms with van der Waals surface area (Å²) in [6.07, 6.45) is -3.01. The predicted molar refractivity (Wildman–Crippen MR) is 67.8 cm³/mol. The number of halogens is 3. The number of nitrogens with one attached hydrogen (secondary N) is 1. The zero-order valence-electron chi connectivity index (χ0n) is 8.75. The van der Waals surface area contributed by atoms with E-state index >= 15 is 0 Å². The Hall–Kier alpha value is -1.34. The standard InChI is InChI=1S/C11H6F3NOS2/c12-11(13,14)7-3-1-2-6(4-7)5-8-9(16)15-10(17)18-8/h1-5H,(H,15,16,17)/b8-5+. The number of hydrogen-bond acceptors (Lipinski definition) is 3. The van der Waals surface area contributed by atoms with Crippen molar-refractivity contribution >= 4 is 40.3 Å². The molecule has 0 unspecified atom stereocenters. The van der Waals surface area contributed by atoms with Crippen LogP contribution < -0.4 is 5.32 Å². The smallest absolute Gasteiger partial charge is 0.307 e. The number of thiocarbonyl (C=S) groups is 1. The largest absolute Gasteiger partial charge is 0.416 e. The van der Waals surface area contributed by atoms with Gasteiger partial charge >= 0.3 is 6.18 Å². The molecule has 0 atom stereocenters. The van der Waals surface area contributed by atoms with E-state index in [0.717, 1.165) is 23.9 Å². The van der Waals surface area contributed by atoms with E-state index in [4.69, 9.17) is 12.2 Å². The van der Waals surface area contributed by atoms with Crippen LogP contribution in [0.2, 0.25) is 0 Å². The van der Waals surface area contributed by atoms with Gasteiger partial charge in [0.15, 0.2) is 0 Å². The SMILES string of the molecule is O=C1NC(=S)S/C1=C/c1cccc(C(F)(F)F)c1. The van der Waals surface area contributed by atoms with Gasteiger partial charge in [-0.3, -0.25) is 4.79 Å². The molecule has 94 valence electrons. The number of amides is 1. The van der Waals surface area contributed by atoms with Crippen LogP contribution in [0.5, 0.6) is 0 Å². The van der Waals surface area contributed by atoms with E-state index in [0.29, 0.717) is 14.8 Å². The van der Waals surface area contributed by atoms with Crippen LogP contribution in [0.15, 0.2) is 29.2 Å². The van der Waals surface area contributed by atoms with Crippen molar-refractivity contribution in [2.75, 3.05) is 0 Å². The molecule has 0 spiro atoms. The highest BCUT2D eigenvalue weighted by Crippen LogP contribution is 2.31. The average Bonchev–Trinajstić information content (AvgIpc) is 2.56. The molecule has 1 aliphatic rings. The Morgan fingerprint density at radius 1 is 1.33 bits per heavy atom. The molecule has 1 fully saturated rings. The molecule has 0 bridgehead atoms. The fourth-order valence-corrected chi connectivity index (χ4v) is 2.42. The van der Waals surface area contributed by atoms with Gasteiger partial charge in [0.1, 0.15) is 4.32 Å². The highest BCUT2D eigenvalue weighted by molar-refractivity contribution is 8.26. The first-order valence-electron chi connectivity index (χ1n) is 4.78. The van der Waals surface area contributed by atoms with Gasteiger partial charge in [-0.1, -0.05) is 36.1 Å². The predicted octanol–water partition coefficient (Wildman–Crippen LogP) is 3.19. The molecule has 18 heavy (non-hydrogen) atoms. The molecule has 7 heteroatoms. The van der Waals surface area contributed by atoms with Gasteiger partial charge in [-0.05, 0) is 23.8 Å². The van der Waals surface area contributed by atoms with Gasteiger partial charge in [0, 0.05) is 0 Å². The van der Waals surface area contributed by atoms with E-state index in [2.05, 4.69) is 5.32 Å². The number of thioether (sulfide) groups is 1. The molecule has 2 rings (SSSR count). The summed E-state index contributed by atoms with van der Waals surface area (Å²) in [5.41, 5.74) is -0.435. The van der Waals surface area contributed by atoms with E-state index in [-0.39, 0.29) is 5.91 Å². The van der Waals surface area contributed by atoms with Crippen molar-refractivity contribution < 1.29 is 18.0 Å². The van der Waals surface area contributed by atoms with Crippen molar-refractivity contribution in [3.8, 4) is 0 Å². The average molecular weight is 289 g/mol. The second-order valence-corrected chi connectivity index (χ2v) is 5.19. The molecular formula is C11H6F3NOS2. The molecule has 1 N–H and O–H groups in total. The second-order valence-electron chi connectivity index (χ2n) is 3.48. The number of carbonyl (C=O) groups is 1. The summed E-state index contributed by atoms with van der Waals surface area (Å²) < 4.78 is 37.8. The van der Waals surface area contributed by atoms with Gasteiger partial charge in [0.2, 0.25) is 0 Å². The van der Waals surface area contributed by atoms with E-state index in [1.54, 1.807) is 0 Å². The first-order valence-corrected chi connectivity index (χ1v) is 6.01. The Labute approximate surface area is 110 Å². The molecule has 1 aromatic rings. The van der Waals surface area contributed by atoms with Crippen molar-refractivity contribution in [3.63, 3.8) is 0 Å². The summed E-state index contributed by atoms with van der Waals surface area (Å²) in [7, 11) is 0. The second kappa shape index (κ2) is 4.74. The minimum atomic E-state index is -4.39. The molecular weight excluding hydrogens is 283 g/mol. The van der Waals surface area contributed by atoms with Gasteiger partial charge in [-0.2, -0.15) is 13.2 Å². The van der Waals surface area contributed by atoms with E-state index in [1.165, 1.54) is 18.2 Å². The van der Waals surface area contributed by atoms with Crippen LogP contribution in [0.1, 0.15) is 11.1 Å². The van der Waals surface area contributed by atoms with E-state index < -0.39 is 11.7 Å². The van der Waals surface area contributed by atoms with Crippen LogP contribution in [-0.4, -0.2) is 10.2 Å². The zero-order valence-corrected chi connectivity index (χ0v) is 10.4. The molecule has 0 radical (unpaired) electrons. The molecule has 2 nitrogen and oxygen atoms in total. The topological polar surface area (TPSA) is 29.1 Å². The first-order chi connectivity index (χ1) is 8.36. The third-order valence-corrected chi connectivity index (χ3v) is 3.32. The van der Waals surface area contributed by atoms with E-state index in [1.807, 2.05) is 0 Å². The lowest BCUT2D eigenvalue weighted by atomic mass is 10.1.